The zero-order valence-corrected chi connectivity index (χ0v) is 13.3. The fourth-order valence-corrected chi connectivity index (χ4v) is 3.21. The molecule has 21 heavy (non-hydrogen) atoms. The summed E-state index contributed by atoms with van der Waals surface area (Å²) in [7, 11) is 0. The molecule has 1 aliphatic rings. The third kappa shape index (κ3) is 4.16. The highest BCUT2D eigenvalue weighted by Gasteiger charge is 2.20. The standard InChI is InChI=1S/C14H16N4OS2/c1-20-14(16-10-15)17-12-5-3-2-4-11(12)13(19)18-6-8-21-9-7-18/h2-5H,6-9H2,1H3,(H,16,17). The van der Waals surface area contributed by atoms with Crippen molar-refractivity contribution in [1.29, 1.82) is 5.26 Å². The molecule has 0 aromatic heterocycles. The van der Waals surface area contributed by atoms with Gasteiger partial charge in [0.2, 0.25) is 0 Å². The maximum Gasteiger partial charge on any atom is 0.256 e. The highest BCUT2D eigenvalue weighted by Crippen LogP contribution is 2.23. The topological polar surface area (TPSA) is 68.5 Å². The van der Waals surface area contributed by atoms with E-state index in [1.165, 1.54) is 11.8 Å². The van der Waals surface area contributed by atoms with Gasteiger partial charge < -0.3 is 4.90 Å². The fourth-order valence-electron chi connectivity index (χ4n) is 1.97. The number of thioether (sulfide) groups is 2. The summed E-state index contributed by atoms with van der Waals surface area (Å²) >= 11 is 3.20. The minimum Gasteiger partial charge on any atom is -0.337 e. The van der Waals surface area contributed by atoms with Crippen molar-refractivity contribution in [2.45, 2.75) is 0 Å². The first-order valence-corrected chi connectivity index (χ1v) is 8.88. The van der Waals surface area contributed by atoms with Crippen molar-refractivity contribution < 1.29 is 4.79 Å². The number of carbonyl (C=O) groups excluding carboxylic acids is 1. The van der Waals surface area contributed by atoms with E-state index in [2.05, 4.69) is 10.3 Å². The van der Waals surface area contributed by atoms with E-state index in [0.29, 0.717) is 16.4 Å². The molecule has 0 bridgehead atoms. The number of amides is 1. The van der Waals surface area contributed by atoms with Crippen LogP contribution in [0.25, 0.3) is 0 Å². The van der Waals surface area contributed by atoms with Crippen molar-refractivity contribution >= 4 is 40.3 Å². The summed E-state index contributed by atoms with van der Waals surface area (Å²) in [5.74, 6) is 1.96. The van der Waals surface area contributed by atoms with Crippen molar-refractivity contribution in [2.75, 3.05) is 30.9 Å². The maximum atomic E-state index is 12.6. The van der Waals surface area contributed by atoms with Crippen LogP contribution in [-0.2, 0) is 0 Å². The number of amidine groups is 1. The van der Waals surface area contributed by atoms with Crippen LogP contribution in [0.5, 0.6) is 0 Å². The van der Waals surface area contributed by atoms with Crippen LogP contribution in [-0.4, -0.2) is 46.8 Å². The second kappa shape index (κ2) is 7.96. The van der Waals surface area contributed by atoms with Gasteiger partial charge in [0, 0.05) is 24.6 Å². The molecule has 5 nitrogen and oxygen atoms in total. The lowest BCUT2D eigenvalue weighted by atomic mass is 10.1. The minimum atomic E-state index is 0.00654. The number of rotatable bonds is 2. The molecule has 1 N–H and O–H groups in total. The van der Waals surface area contributed by atoms with Crippen LogP contribution in [0.1, 0.15) is 10.4 Å². The molecule has 0 spiro atoms. The van der Waals surface area contributed by atoms with Gasteiger partial charge in [0.05, 0.1) is 11.3 Å². The molecule has 110 valence electrons. The lowest BCUT2D eigenvalue weighted by Crippen LogP contribution is -2.37. The summed E-state index contributed by atoms with van der Waals surface area (Å²) in [6.45, 7) is 1.54. The molecule has 0 atom stereocenters. The minimum absolute atomic E-state index is 0.00654. The Kier molecular flexibility index (Phi) is 5.96. The normalized spacial score (nSPS) is 15.4. The van der Waals surface area contributed by atoms with E-state index in [1.807, 2.05) is 41.2 Å². The van der Waals surface area contributed by atoms with Crippen LogP contribution in [0.2, 0.25) is 0 Å². The predicted molar refractivity (Wildman–Crippen MR) is 89.0 cm³/mol. The molecule has 0 saturated carbocycles. The van der Waals surface area contributed by atoms with Gasteiger partial charge in [0.1, 0.15) is 0 Å². The zero-order valence-electron chi connectivity index (χ0n) is 11.7. The highest BCUT2D eigenvalue weighted by atomic mass is 32.2. The van der Waals surface area contributed by atoms with E-state index in [4.69, 9.17) is 5.26 Å². The van der Waals surface area contributed by atoms with Gasteiger partial charge >= 0.3 is 0 Å². The van der Waals surface area contributed by atoms with Gasteiger partial charge in [-0.2, -0.15) is 17.0 Å². The smallest absolute Gasteiger partial charge is 0.256 e. The molecule has 1 aromatic carbocycles. The number of hydrogen-bond acceptors (Lipinski definition) is 5. The van der Waals surface area contributed by atoms with E-state index in [-0.39, 0.29) is 5.91 Å². The molecule has 7 heteroatoms. The summed E-state index contributed by atoms with van der Waals surface area (Å²) in [6.07, 6.45) is 3.68. The summed E-state index contributed by atoms with van der Waals surface area (Å²) in [5, 5.41) is 11.7. The van der Waals surface area contributed by atoms with Crippen molar-refractivity contribution in [1.82, 2.24) is 10.2 Å². The lowest BCUT2D eigenvalue weighted by Gasteiger charge is -2.26. The molecule has 0 aliphatic carbocycles. The van der Waals surface area contributed by atoms with E-state index in [9.17, 15) is 4.79 Å². The van der Waals surface area contributed by atoms with E-state index in [0.717, 1.165) is 24.6 Å². The molecular weight excluding hydrogens is 304 g/mol. The second-order valence-corrected chi connectivity index (χ2v) is 6.30. The summed E-state index contributed by atoms with van der Waals surface area (Å²) in [6, 6.07) is 7.25. The number of carbonyl (C=O) groups is 1. The number of nitrogens with one attached hydrogen (secondary N) is 1. The van der Waals surface area contributed by atoms with E-state index in [1.54, 1.807) is 12.1 Å². The zero-order chi connectivity index (χ0) is 15.1. The Morgan fingerprint density at radius 3 is 2.81 bits per heavy atom. The molecule has 0 radical (unpaired) electrons. The second-order valence-electron chi connectivity index (χ2n) is 4.28. The number of para-hydroxylation sites is 1. The molecule has 1 heterocycles. The van der Waals surface area contributed by atoms with Gasteiger partial charge in [-0.05, 0) is 18.4 Å². The monoisotopic (exact) mass is 320 g/mol. The largest absolute Gasteiger partial charge is 0.337 e. The number of hydrogen-bond donors (Lipinski definition) is 1. The van der Waals surface area contributed by atoms with Crippen LogP contribution in [0.4, 0.5) is 5.69 Å². The average Bonchev–Trinajstić information content (AvgIpc) is 2.55. The fraction of sp³-hybridized carbons (Fsp3) is 0.357. The average molecular weight is 320 g/mol. The molecule has 1 amide bonds. The molecular formula is C14H16N4OS2. The summed E-state index contributed by atoms with van der Waals surface area (Å²) < 4.78 is 0. The van der Waals surface area contributed by atoms with Crippen LogP contribution >= 0.6 is 23.5 Å². The third-order valence-corrected chi connectivity index (χ3v) is 4.53. The van der Waals surface area contributed by atoms with Gasteiger partial charge in [-0.15, -0.1) is 0 Å². The van der Waals surface area contributed by atoms with Crippen LogP contribution < -0.4 is 5.32 Å². The molecule has 2 rings (SSSR count). The van der Waals surface area contributed by atoms with Crippen molar-refractivity contribution in [3.05, 3.63) is 29.8 Å². The summed E-state index contributed by atoms with van der Waals surface area (Å²) in [5.41, 5.74) is 1.17. The summed E-state index contributed by atoms with van der Waals surface area (Å²) in [4.78, 5) is 18.8. The maximum absolute atomic E-state index is 12.6. The number of benzene rings is 1. The Balaban J connectivity index is 2.28. The van der Waals surface area contributed by atoms with Crippen molar-refractivity contribution in [3.8, 4) is 6.19 Å². The number of nitriles is 1. The van der Waals surface area contributed by atoms with Gasteiger partial charge in [-0.25, -0.2) is 4.99 Å². The molecule has 0 unspecified atom stereocenters. The first-order valence-electron chi connectivity index (χ1n) is 6.50. The number of aliphatic imine (C=N–C) groups is 1. The molecule has 1 aromatic rings. The van der Waals surface area contributed by atoms with Gasteiger partial charge in [-0.1, -0.05) is 23.9 Å². The van der Waals surface area contributed by atoms with Crippen LogP contribution in [0, 0.1) is 11.5 Å². The lowest BCUT2D eigenvalue weighted by molar-refractivity contribution is 0.0773. The van der Waals surface area contributed by atoms with Gasteiger partial charge in [0.25, 0.3) is 5.91 Å². The Hall–Kier alpha value is -1.65. The molecule has 1 saturated heterocycles. The van der Waals surface area contributed by atoms with E-state index >= 15 is 0 Å². The van der Waals surface area contributed by atoms with Gasteiger partial charge in [-0.3, -0.25) is 10.1 Å². The molecule has 1 aliphatic heterocycles. The number of nitrogens with zero attached hydrogens (tertiary/aromatic N) is 3. The van der Waals surface area contributed by atoms with E-state index < -0.39 is 0 Å². The highest BCUT2D eigenvalue weighted by molar-refractivity contribution is 8.13. The van der Waals surface area contributed by atoms with Crippen LogP contribution in [0.15, 0.2) is 29.3 Å². The predicted octanol–water partition coefficient (Wildman–Crippen LogP) is 2.30. The Labute approximate surface area is 132 Å². The van der Waals surface area contributed by atoms with Crippen LogP contribution in [0.3, 0.4) is 0 Å². The Morgan fingerprint density at radius 1 is 1.43 bits per heavy atom. The Morgan fingerprint density at radius 2 is 2.14 bits per heavy atom. The Bertz CT molecular complexity index is 577. The first kappa shape index (κ1) is 15.7. The van der Waals surface area contributed by atoms with Crippen molar-refractivity contribution in [2.24, 2.45) is 4.99 Å². The first-order chi connectivity index (χ1) is 10.3. The van der Waals surface area contributed by atoms with Gasteiger partial charge in [0.15, 0.2) is 11.4 Å². The SMILES string of the molecule is CSC(=Nc1ccccc1C(=O)N1CCSCC1)NC#N. The third-order valence-electron chi connectivity index (χ3n) is 3.01. The molecule has 1 fully saturated rings. The quantitative estimate of drug-likeness (QED) is 0.392. The van der Waals surface area contributed by atoms with Crippen molar-refractivity contribution in [3.63, 3.8) is 0 Å².